The highest BCUT2D eigenvalue weighted by Crippen LogP contribution is 2.34. The van der Waals surface area contributed by atoms with E-state index >= 15 is 0 Å². The maximum atomic E-state index is 13.9. The van der Waals surface area contributed by atoms with Crippen LogP contribution in [0.2, 0.25) is 5.02 Å². The molecule has 6 nitrogen and oxygen atoms in total. The zero-order valence-electron chi connectivity index (χ0n) is 15.3. The number of amides is 1. The molecule has 2 aromatic carbocycles. The lowest BCUT2D eigenvalue weighted by molar-refractivity contribution is -0.117. The van der Waals surface area contributed by atoms with Crippen molar-refractivity contribution in [3.8, 4) is 17.1 Å². The fourth-order valence-electron chi connectivity index (χ4n) is 3.35. The first-order chi connectivity index (χ1) is 13.5. The van der Waals surface area contributed by atoms with Gasteiger partial charge in [0.15, 0.2) is 11.6 Å². The van der Waals surface area contributed by atoms with Crippen LogP contribution < -0.4 is 9.64 Å². The highest BCUT2D eigenvalue weighted by molar-refractivity contribution is 6.30. The Morgan fingerprint density at radius 1 is 1.29 bits per heavy atom. The number of halogens is 2. The van der Waals surface area contributed by atoms with Crippen LogP contribution in [0.15, 0.2) is 40.9 Å². The van der Waals surface area contributed by atoms with E-state index in [9.17, 15) is 9.18 Å². The van der Waals surface area contributed by atoms with Gasteiger partial charge in [0, 0.05) is 29.2 Å². The molecule has 8 heteroatoms. The molecule has 1 aromatic heterocycles. The smallest absolute Gasteiger partial charge is 0.232 e. The summed E-state index contributed by atoms with van der Waals surface area (Å²) in [5.41, 5.74) is 2.21. The third-order valence-electron chi connectivity index (χ3n) is 4.78. The predicted molar refractivity (Wildman–Crippen MR) is 102 cm³/mol. The van der Waals surface area contributed by atoms with E-state index in [0.717, 1.165) is 11.3 Å². The van der Waals surface area contributed by atoms with Crippen LogP contribution in [0.1, 0.15) is 23.8 Å². The van der Waals surface area contributed by atoms with Crippen molar-refractivity contribution in [1.82, 2.24) is 10.1 Å². The third-order valence-corrected chi connectivity index (χ3v) is 5.01. The summed E-state index contributed by atoms with van der Waals surface area (Å²) in [5.74, 6) is 0.00558. The first-order valence-electron chi connectivity index (χ1n) is 8.70. The van der Waals surface area contributed by atoms with Gasteiger partial charge in [-0.25, -0.2) is 4.39 Å². The summed E-state index contributed by atoms with van der Waals surface area (Å²) in [6.07, 6.45) is 0.265. The van der Waals surface area contributed by atoms with Crippen molar-refractivity contribution in [2.45, 2.75) is 19.3 Å². The maximum Gasteiger partial charge on any atom is 0.232 e. The molecule has 0 radical (unpaired) electrons. The van der Waals surface area contributed by atoms with E-state index < -0.39 is 5.82 Å². The van der Waals surface area contributed by atoms with E-state index in [1.54, 1.807) is 17.0 Å². The average Bonchev–Trinajstić information content (AvgIpc) is 3.29. The molecule has 0 aliphatic carbocycles. The zero-order valence-corrected chi connectivity index (χ0v) is 16.0. The van der Waals surface area contributed by atoms with E-state index in [0.29, 0.717) is 23.0 Å². The molecule has 1 unspecified atom stereocenters. The van der Waals surface area contributed by atoms with Crippen LogP contribution in [-0.4, -0.2) is 29.7 Å². The number of methoxy groups -OCH3 is 1. The number of hydrogen-bond donors (Lipinski definition) is 0. The lowest BCUT2D eigenvalue weighted by atomic mass is 10.1. The van der Waals surface area contributed by atoms with Crippen molar-refractivity contribution in [2.24, 2.45) is 0 Å². The maximum absolute atomic E-state index is 13.9. The fraction of sp³-hybridized carbons (Fsp3) is 0.250. The van der Waals surface area contributed by atoms with Crippen LogP contribution in [0.3, 0.4) is 0 Å². The average molecular weight is 402 g/mol. The summed E-state index contributed by atoms with van der Waals surface area (Å²) in [5, 5.41) is 4.56. The summed E-state index contributed by atoms with van der Waals surface area (Å²) < 4.78 is 24.2. The van der Waals surface area contributed by atoms with Crippen LogP contribution >= 0.6 is 11.6 Å². The molecule has 0 spiro atoms. The molecule has 0 bridgehead atoms. The van der Waals surface area contributed by atoms with E-state index in [2.05, 4.69) is 10.1 Å². The molecule has 1 aliphatic heterocycles. The van der Waals surface area contributed by atoms with Crippen molar-refractivity contribution in [1.29, 1.82) is 0 Å². The molecule has 1 atom stereocenters. The Hall–Kier alpha value is -2.93. The van der Waals surface area contributed by atoms with Crippen LogP contribution in [0.4, 0.5) is 10.1 Å². The van der Waals surface area contributed by atoms with E-state index in [1.807, 2.05) is 19.1 Å². The number of aryl methyl sites for hydroxylation is 1. The van der Waals surface area contributed by atoms with Gasteiger partial charge in [-0.15, -0.1) is 0 Å². The Kier molecular flexibility index (Phi) is 4.77. The van der Waals surface area contributed by atoms with Gasteiger partial charge in [-0.05, 0) is 48.9 Å². The van der Waals surface area contributed by atoms with Gasteiger partial charge in [0.25, 0.3) is 0 Å². The number of carbonyl (C=O) groups excluding carboxylic acids is 1. The van der Waals surface area contributed by atoms with Gasteiger partial charge in [0.05, 0.1) is 13.0 Å². The second-order valence-corrected chi connectivity index (χ2v) is 7.08. The van der Waals surface area contributed by atoms with Gasteiger partial charge in [-0.2, -0.15) is 4.98 Å². The van der Waals surface area contributed by atoms with Crippen LogP contribution in [0.25, 0.3) is 11.4 Å². The van der Waals surface area contributed by atoms with Crippen LogP contribution in [-0.2, 0) is 4.79 Å². The van der Waals surface area contributed by atoms with Crippen molar-refractivity contribution in [3.63, 3.8) is 0 Å². The minimum absolute atomic E-state index is 0.0225. The first kappa shape index (κ1) is 18.4. The second-order valence-electron chi connectivity index (χ2n) is 6.64. The molecule has 144 valence electrons. The molecule has 1 saturated heterocycles. The summed E-state index contributed by atoms with van der Waals surface area (Å²) in [6.45, 7) is 2.34. The normalized spacial score (nSPS) is 16.6. The highest BCUT2D eigenvalue weighted by atomic mass is 35.5. The number of benzene rings is 2. The van der Waals surface area contributed by atoms with Crippen LogP contribution in [0, 0.1) is 12.7 Å². The number of nitrogens with zero attached hydrogens (tertiary/aromatic N) is 3. The molecular formula is C20H17ClFN3O3. The highest BCUT2D eigenvalue weighted by Gasteiger charge is 2.35. The second kappa shape index (κ2) is 7.24. The summed E-state index contributed by atoms with van der Waals surface area (Å²) in [7, 11) is 1.40. The van der Waals surface area contributed by atoms with Crippen molar-refractivity contribution >= 4 is 23.2 Å². The number of anilines is 1. The van der Waals surface area contributed by atoms with Crippen molar-refractivity contribution in [3.05, 3.63) is 58.7 Å². The minimum atomic E-state index is -0.508. The molecule has 4 rings (SSSR count). The van der Waals surface area contributed by atoms with Gasteiger partial charge in [0.1, 0.15) is 0 Å². The molecule has 1 aliphatic rings. The quantitative estimate of drug-likeness (QED) is 0.649. The van der Waals surface area contributed by atoms with Gasteiger partial charge in [0.2, 0.25) is 17.6 Å². The number of aromatic nitrogens is 2. The number of carbonyl (C=O) groups is 1. The van der Waals surface area contributed by atoms with Gasteiger partial charge in [-0.3, -0.25) is 4.79 Å². The number of ether oxygens (including phenoxy) is 1. The molecule has 1 fully saturated rings. The topological polar surface area (TPSA) is 68.5 Å². The number of rotatable bonds is 4. The summed E-state index contributed by atoms with van der Waals surface area (Å²) in [6, 6.07) is 9.85. The fourth-order valence-corrected chi connectivity index (χ4v) is 3.58. The predicted octanol–water partition coefficient (Wildman–Crippen LogP) is 4.37. The van der Waals surface area contributed by atoms with Gasteiger partial charge < -0.3 is 14.2 Å². The molecule has 2 heterocycles. The Bertz CT molecular complexity index is 1050. The standard InChI is InChI=1S/C20H17ClFN3O3/c1-11-7-14(21)4-5-16(11)25-10-13(9-18(25)26)20-23-19(24-28-20)12-3-6-17(27-2)15(22)8-12/h3-8,13H,9-10H2,1-2H3. The molecule has 3 aromatic rings. The Morgan fingerprint density at radius 2 is 2.11 bits per heavy atom. The Morgan fingerprint density at radius 3 is 2.82 bits per heavy atom. The van der Waals surface area contributed by atoms with E-state index in [4.69, 9.17) is 20.9 Å². The number of hydrogen-bond acceptors (Lipinski definition) is 5. The lowest BCUT2D eigenvalue weighted by Gasteiger charge is -2.18. The summed E-state index contributed by atoms with van der Waals surface area (Å²) >= 11 is 6.00. The van der Waals surface area contributed by atoms with E-state index in [1.165, 1.54) is 19.2 Å². The third kappa shape index (κ3) is 3.33. The monoisotopic (exact) mass is 401 g/mol. The molecule has 1 amide bonds. The molecule has 0 saturated carbocycles. The molecular weight excluding hydrogens is 385 g/mol. The SMILES string of the molecule is COc1ccc(-c2noc(C3CC(=O)N(c4ccc(Cl)cc4C)C3)n2)cc1F. The Labute approximate surface area is 165 Å². The minimum Gasteiger partial charge on any atom is -0.494 e. The van der Waals surface area contributed by atoms with Crippen LogP contribution in [0.5, 0.6) is 5.75 Å². The molecule has 0 N–H and O–H groups in total. The lowest BCUT2D eigenvalue weighted by Crippen LogP contribution is -2.25. The van der Waals surface area contributed by atoms with Gasteiger partial charge in [-0.1, -0.05) is 16.8 Å². The largest absolute Gasteiger partial charge is 0.494 e. The Balaban J connectivity index is 1.56. The van der Waals surface area contributed by atoms with Crippen molar-refractivity contribution in [2.75, 3.05) is 18.6 Å². The first-order valence-corrected chi connectivity index (χ1v) is 9.08. The van der Waals surface area contributed by atoms with Crippen molar-refractivity contribution < 1.29 is 18.4 Å². The van der Waals surface area contributed by atoms with E-state index in [-0.39, 0.29) is 29.8 Å². The summed E-state index contributed by atoms with van der Waals surface area (Å²) in [4.78, 5) is 18.6. The zero-order chi connectivity index (χ0) is 19.8. The molecule has 28 heavy (non-hydrogen) atoms. The van der Waals surface area contributed by atoms with Gasteiger partial charge >= 0.3 is 0 Å².